The third kappa shape index (κ3) is 3.00. The van der Waals surface area contributed by atoms with Gasteiger partial charge in [-0.05, 0) is 35.9 Å². The molecule has 0 radical (unpaired) electrons. The number of aliphatic hydroxyl groups excluding tert-OH is 1. The predicted octanol–water partition coefficient (Wildman–Crippen LogP) is 3.46. The lowest BCUT2D eigenvalue weighted by Gasteiger charge is -2.31. The Morgan fingerprint density at radius 1 is 1.23 bits per heavy atom. The molecule has 2 aromatic rings. The van der Waals surface area contributed by atoms with Gasteiger partial charge in [-0.3, -0.25) is 0 Å². The van der Waals surface area contributed by atoms with Crippen LogP contribution in [0, 0.1) is 11.3 Å². The number of hydrogen-bond acceptors (Lipinski definition) is 3. The minimum absolute atomic E-state index is 0.509. The van der Waals surface area contributed by atoms with Gasteiger partial charge in [-0.1, -0.05) is 18.2 Å². The largest absolute Gasteiger partial charge is 0.416 e. The van der Waals surface area contributed by atoms with Gasteiger partial charge >= 0.3 is 6.18 Å². The van der Waals surface area contributed by atoms with Crippen LogP contribution in [-0.2, 0) is 0 Å². The highest BCUT2D eigenvalue weighted by Crippen LogP contribution is 2.29. The Hall–Kier alpha value is -2.26. The summed E-state index contributed by atoms with van der Waals surface area (Å²) < 4.78 is 37.8. The van der Waals surface area contributed by atoms with E-state index < -0.39 is 18.3 Å². The molecule has 6 heteroatoms. The molecule has 0 unspecified atom stereocenters. The highest BCUT2D eigenvalue weighted by atomic mass is 19.4. The van der Waals surface area contributed by atoms with Crippen LogP contribution in [0.25, 0.3) is 10.8 Å². The maximum atomic E-state index is 12.6. The number of hydrogen-bond donors (Lipinski definition) is 1. The normalized spacial score (nSPS) is 14.4. The van der Waals surface area contributed by atoms with Gasteiger partial charge in [0.2, 0.25) is 0 Å². The van der Waals surface area contributed by atoms with Crippen molar-refractivity contribution < 1.29 is 18.3 Å². The molecule has 1 N–H and O–H groups in total. The van der Waals surface area contributed by atoms with Crippen LogP contribution in [0.2, 0.25) is 0 Å². The molecule has 0 spiro atoms. The van der Waals surface area contributed by atoms with Crippen molar-refractivity contribution >= 4 is 16.5 Å². The van der Waals surface area contributed by atoms with E-state index in [1.165, 1.54) is 18.9 Å². The Labute approximate surface area is 126 Å². The molecule has 3 nitrogen and oxygen atoms in total. The molecule has 0 aromatic heterocycles. The first kappa shape index (κ1) is 16.1. The van der Waals surface area contributed by atoms with Crippen molar-refractivity contribution in [2.75, 3.05) is 11.9 Å². The van der Waals surface area contributed by atoms with E-state index in [-0.39, 0.29) is 0 Å². The lowest BCUT2D eigenvalue weighted by molar-refractivity contribution is -0.208. The highest BCUT2D eigenvalue weighted by Gasteiger charge is 2.43. The number of aliphatic hydroxyl groups is 1. The van der Waals surface area contributed by atoms with E-state index in [1.807, 2.05) is 0 Å². The molecule has 22 heavy (non-hydrogen) atoms. The van der Waals surface area contributed by atoms with Crippen LogP contribution in [-0.4, -0.2) is 30.5 Å². The number of anilines is 1. The summed E-state index contributed by atoms with van der Waals surface area (Å²) >= 11 is 0. The summed E-state index contributed by atoms with van der Waals surface area (Å²) in [7, 11) is 1.49. The molecule has 0 aliphatic heterocycles. The van der Waals surface area contributed by atoms with Crippen molar-refractivity contribution in [3.63, 3.8) is 0 Å². The SMILES string of the molecule is C[C@H]([C@H](O)C(F)(F)F)N(C)c1ccc2c(C#N)cccc2c1. The molecule has 2 rings (SSSR count). The molecule has 2 aromatic carbocycles. The van der Waals surface area contributed by atoms with Gasteiger partial charge in [0, 0.05) is 12.7 Å². The summed E-state index contributed by atoms with van der Waals surface area (Å²) in [5.74, 6) is 0. The van der Waals surface area contributed by atoms with Crippen molar-refractivity contribution in [3.05, 3.63) is 42.0 Å². The van der Waals surface area contributed by atoms with Crippen LogP contribution in [0.1, 0.15) is 12.5 Å². The minimum atomic E-state index is -4.67. The van der Waals surface area contributed by atoms with Crippen LogP contribution in [0.4, 0.5) is 18.9 Å². The maximum Gasteiger partial charge on any atom is 0.416 e. The van der Waals surface area contributed by atoms with Crippen LogP contribution in [0.3, 0.4) is 0 Å². The zero-order valence-electron chi connectivity index (χ0n) is 12.1. The van der Waals surface area contributed by atoms with Crippen LogP contribution >= 0.6 is 0 Å². The first-order chi connectivity index (χ1) is 10.3. The number of rotatable bonds is 3. The van der Waals surface area contributed by atoms with Crippen molar-refractivity contribution in [2.45, 2.75) is 25.2 Å². The predicted molar refractivity (Wildman–Crippen MR) is 78.6 cm³/mol. The maximum absolute atomic E-state index is 12.6. The van der Waals surface area contributed by atoms with E-state index in [0.29, 0.717) is 11.3 Å². The zero-order valence-corrected chi connectivity index (χ0v) is 12.1. The third-order valence-electron chi connectivity index (χ3n) is 3.79. The summed E-state index contributed by atoms with van der Waals surface area (Å²) in [6, 6.07) is 11.2. The lowest BCUT2D eigenvalue weighted by atomic mass is 10.0. The topological polar surface area (TPSA) is 47.3 Å². The minimum Gasteiger partial charge on any atom is -0.382 e. The van der Waals surface area contributed by atoms with Crippen LogP contribution in [0.15, 0.2) is 36.4 Å². The Kier molecular flexibility index (Phi) is 4.29. The van der Waals surface area contributed by atoms with Crippen LogP contribution < -0.4 is 4.90 Å². The standard InChI is InChI=1S/C16H15F3N2O/c1-10(15(22)16(17,18)19)21(2)13-6-7-14-11(8-13)4-3-5-12(14)9-20/h3-8,10,15,22H,1-2H3/t10-,15+/m1/s1. The molecule has 0 saturated carbocycles. The van der Waals surface area contributed by atoms with E-state index in [9.17, 15) is 18.3 Å². The number of alkyl halides is 3. The number of benzene rings is 2. The van der Waals surface area contributed by atoms with E-state index in [1.54, 1.807) is 36.4 Å². The van der Waals surface area contributed by atoms with Gasteiger partial charge in [0.25, 0.3) is 0 Å². The van der Waals surface area contributed by atoms with Crippen molar-refractivity contribution in [1.82, 2.24) is 0 Å². The smallest absolute Gasteiger partial charge is 0.382 e. The van der Waals surface area contributed by atoms with Gasteiger partial charge < -0.3 is 10.0 Å². The molecule has 0 bridgehead atoms. The molecule has 0 aliphatic rings. The second-order valence-corrected chi connectivity index (χ2v) is 5.16. The fourth-order valence-corrected chi connectivity index (χ4v) is 2.31. The average Bonchev–Trinajstić information content (AvgIpc) is 2.50. The van der Waals surface area contributed by atoms with Crippen molar-refractivity contribution in [1.29, 1.82) is 5.26 Å². The van der Waals surface area contributed by atoms with Gasteiger partial charge in [-0.2, -0.15) is 18.4 Å². The number of halogens is 3. The lowest BCUT2D eigenvalue weighted by Crippen LogP contribution is -2.47. The molecule has 0 amide bonds. The van der Waals surface area contributed by atoms with E-state index in [0.717, 1.165) is 10.8 Å². The summed E-state index contributed by atoms with van der Waals surface area (Å²) in [5, 5.41) is 19.9. The molecular formula is C16H15F3N2O. The second kappa shape index (κ2) is 5.85. The zero-order chi connectivity index (χ0) is 16.5. The summed E-state index contributed by atoms with van der Waals surface area (Å²) in [6.07, 6.45) is -7.10. The van der Waals surface area contributed by atoms with Gasteiger partial charge in [0.05, 0.1) is 17.7 Å². The van der Waals surface area contributed by atoms with E-state index >= 15 is 0 Å². The Balaban J connectivity index is 2.37. The quantitative estimate of drug-likeness (QED) is 0.944. The van der Waals surface area contributed by atoms with Crippen molar-refractivity contribution in [3.8, 4) is 6.07 Å². The summed E-state index contributed by atoms with van der Waals surface area (Å²) in [6.45, 7) is 1.31. The molecule has 0 fully saturated rings. The second-order valence-electron chi connectivity index (χ2n) is 5.16. The Morgan fingerprint density at radius 2 is 1.91 bits per heavy atom. The molecule has 0 aliphatic carbocycles. The average molecular weight is 308 g/mol. The monoisotopic (exact) mass is 308 g/mol. The number of likely N-dealkylation sites (N-methyl/N-ethyl adjacent to an activating group) is 1. The highest BCUT2D eigenvalue weighted by molar-refractivity contribution is 5.90. The van der Waals surface area contributed by atoms with Crippen LogP contribution in [0.5, 0.6) is 0 Å². The van der Waals surface area contributed by atoms with Gasteiger partial charge in [0.1, 0.15) is 0 Å². The van der Waals surface area contributed by atoms with Gasteiger partial charge in [0.15, 0.2) is 6.10 Å². The summed E-state index contributed by atoms with van der Waals surface area (Å²) in [5.41, 5.74) is 1.05. The van der Waals surface area contributed by atoms with Crippen molar-refractivity contribution in [2.24, 2.45) is 0 Å². The first-order valence-corrected chi connectivity index (χ1v) is 6.66. The molecule has 0 heterocycles. The number of nitriles is 1. The Bertz CT molecular complexity index is 721. The summed E-state index contributed by atoms with van der Waals surface area (Å²) in [4.78, 5) is 1.37. The van der Waals surface area contributed by atoms with E-state index in [4.69, 9.17) is 5.26 Å². The van der Waals surface area contributed by atoms with Gasteiger partial charge in [-0.15, -0.1) is 0 Å². The van der Waals surface area contributed by atoms with E-state index in [2.05, 4.69) is 6.07 Å². The number of nitrogens with zero attached hydrogens (tertiary/aromatic N) is 2. The molecule has 0 saturated heterocycles. The fourth-order valence-electron chi connectivity index (χ4n) is 2.31. The molecule has 116 valence electrons. The number of fused-ring (bicyclic) bond motifs is 1. The Morgan fingerprint density at radius 3 is 2.50 bits per heavy atom. The van der Waals surface area contributed by atoms with Gasteiger partial charge in [-0.25, -0.2) is 0 Å². The third-order valence-corrected chi connectivity index (χ3v) is 3.79. The fraction of sp³-hybridized carbons (Fsp3) is 0.312. The first-order valence-electron chi connectivity index (χ1n) is 6.66. The molecular weight excluding hydrogens is 293 g/mol. The molecule has 2 atom stereocenters.